The molecular formula is C13H9FN2O2. The molecule has 0 saturated heterocycles. The first-order valence-electron chi connectivity index (χ1n) is 5.35. The van der Waals surface area contributed by atoms with Crippen LogP contribution in [0.2, 0.25) is 0 Å². The van der Waals surface area contributed by atoms with Gasteiger partial charge in [0.15, 0.2) is 5.58 Å². The van der Waals surface area contributed by atoms with Gasteiger partial charge < -0.3 is 4.42 Å². The Labute approximate surface area is 101 Å². The van der Waals surface area contributed by atoms with E-state index in [0.29, 0.717) is 16.7 Å². The van der Waals surface area contributed by atoms with Crippen molar-refractivity contribution in [1.82, 2.24) is 9.55 Å². The first kappa shape index (κ1) is 10.7. The molecule has 0 bridgehead atoms. The molecule has 1 aromatic carbocycles. The van der Waals surface area contributed by atoms with E-state index in [1.807, 2.05) is 0 Å². The van der Waals surface area contributed by atoms with E-state index < -0.39 is 11.6 Å². The number of oxazole rings is 1. The number of fused-ring (bicyclic) bond motifs is 1. The third-order valence-electron chi connectivity index (χ3n) is 2.83. The van der Waals surface area contributed by atoms with Crippen molar-refractivity contribution in [2.24, 2.45) is 7.05 Å². The summed E-state index contributed by atoms with van der Waals surface area (Å²) in [5, 5.41) is 0. The third kappa shape index (κ3) is 1.60. The largest absolute Gasteiger partial charge is 0.419 e. The van der Waals surface area contributed by atoms with E-state index in [9.17, 15) is 9.18 Å². The van der Waals surface area contributed by atoms with Gasteiger partial charge in [-0.2, -0.15) is 0 Å². The lowest BCUT2D eigenvalue weighted by atomic mass is 10.1. The molecule has 2 heterocycles. The average molecular weight is 244 g/mol. The van der Waals surface area contributed by atoms with Gasteiger partial charge in [-0.3, -0.25) is 9.55 Å². The number of halogens is 1. The summed E-state index contributed by atoms with van der Waals surface area (Å²) in [6, 6.07) is 6.63. The lowest BCUT2D eigenvalue weighted by Gasteiger charge is -2.01. The molecule has 0 unspecified atom stereocenters. The summed E-state index contributed by atoms with van der Waals surface area (Å²) in [7, 11) is 1.63. The normalized spacial score (nSPS) is 11.0. The van der Waals surface area contributed by atoms with Crippen LogP contribution in [0.3, 0.4) is 0 Å². The Morgan fingerprint density at radius 2 is 2.06 bits per heavy atom. The van der Waals surface area contributed by atoms with Crippen LogP contribution >= 0.6 is 0 Å². The van der Waals surface area contributed by atoms with Gasteiger partial charge in [-0.25, -0.2) is 9.18 Å². The number of nitrogens with zero attached hydrogens (tertiary/aromatic N) is 2. The number of hydrogen-bond donors (Lipinski definition) is 0. The standard InChI is InChI=1S/C13H9FN2O2/c1-16-11-5-8(2-3-12(11)18-13(16)17)9-4-10(14)7-15-6-9/h2-7H,1H3. The van der Waals surface area contributed by atoms with Crippen molar-refractivity contribution in [1.29, 1.82) is 0 Å². The Morgan fingerprint density at radius 1 is 1.22 bits per heavy atom. The molecule has 0 spiro atoms. The Balaban J connectivity index is 2.25. The van der Waals surface area contributed by atoms with Crippen molar-refractivity contribution >= 4 is 11.1 Å². The maximum atomic E-state index is 13.1. The number of hydrogen-bond acceptors (Lipinski definition) is 3. The summed E-state index contributed by atoms with van der Waals surface area (Å²) >= 11 is 0. The van der Waals surface area contributed by atoms with Gasteiger partial charge in [-0.1, -0.05) is 6.07 Å². The number of benzene rings is 1. The maximum Gasteiger partial charge on any atom is 0.419 e. The summed E-state index contributed by atoms with van der Waals surface area (Å²) in [5.41, 5.74) is 2.62. The number of aryl methyl sites for hydroxylation is 1. The molecule has 90 valence electrons. The Kier molecular flexibility index (Phi) is 2.26. The van der Waals surface area contributed by atoms with Gasteiger partial charge in [0.2, 0.25) is 0 Å². The summed E-state index contributed by atoms with van der Waals surface area (Å²) in [6.45, 7) is 0. The molecule has 2 aromatic heterocycles. The van der Waals surface area contributed by atoms with E-state index in [0.717, 1.165) is 11.8 Å². The molecule has 0 saturated carbocycles. The molecule has 5 heteroatoms. The zero-order valence-corrected chi connectivity index (χ0v) is 9.55. The monoisotopic (exact) mass is 244 g/mol. The van der Waals surface area contributed by atoms with Crippen LogP contribution in [0, 0.1) is 5.82 Å². The molecule has 0 atom stereocenters. The van der Waals surface area contributed by atoms with Crippen LogP contribution in [-0.2, 0) is 7.05 Å². The van der Waals surface area contributed by atoms with Crippen LogP contribution < -0.4 is 5.76 Å². The molecule has 3 aromatic rings. The van der Waals surface area contributed by atoms with Crippen LogP contribution in [0.1, 0.15) is 0 Å². The minimum absolute atomic E-state index is 0.395. The van der Waals surface area contributed by atoms with Crippen LogP contribution in [0.4, 0.5) is 4.39 Å². The van der Waals surface area contributed by atoms with E-state index in [1.54, 1.807) is 31.4 Å². The van der Waals surface area contributed by atoms with Gasteiger partial charge in [-0.05, 0) is 23.8 Å². The molecule has 0 N–H and O–H groups in total. The van der Waals surface area contributed by atoms with E-state index >= 15 is 0 Å². The van der Waals surface area contributed by atoms with E-state index in [4.69, 9.17) is 4.42 Å². The topological polar surface area (TPSA) is 48.0 Å². The van der Waals surface area contributed by atoms with E-state index in [-0.39, 0.29) is 0 Å². The minimum atomic E-state index is -0.417. The highest BCUT2D eigenvalue weighted by Crippen LogP contribution is 2.23. The highest BCUT2D eigenvalue weighted by molar-refractivity contribution is 5.80. The first-order chi connectivity index (χ1) is 8.65. The fraction of sp³-hybridized carbons (Fsp3) is 0.0769. The fourth-order valence-electron chi connectivity index (χ4n) is 1.88. The quantitative estimate of drug-likeness (QED) is 0.660. The summed E-state index contributed by atoms with van der Waals surface area (Å²) in [4.78, 5) is 15.2. The summed E-state index contributed by atoms with van der Waals surface area (Å²) in [6.07, 6.45) is 2.72. The van der Waals surface area contributed by atoms with Crippen molar-refractivity contribution in [3.8, 4) is 11.1 Å². The average Bonchev–Trinajstić information content (AvgIpc) is 2.65. The SMILES string of the molecule is Cn1c(=O)oc2ccc(-c3cncc(F)c3)cc21. The lowest BCUT2D eigenvalue weighted by molar-refractivity contribution is 0.528. The molecule has 3 rings (SSSR count). The molecular weight excluding hydrogens is 235 g/mol. The van der Waals surface area contributed by atoms with Gasteiger partial charge in [-0.15, -0.1) is 0 Å². The number of rotatable bonds is 1. The number of pyridine rings is 1. The Morgan fingerprint density at radius 3 is 2.83 bits per heavy atom. The van der Waals surface area contributed by atoms with Crippen molar-refractivity contribution in [3.63, 3.8) is 0 Å². The molecule has 0 aliphatic rings. The number of aromatic nitrogens is 2. The summed E-state index contributed by atoms with van der Waals surface area (Å²) in [5.74, 6) is -0.812. The molecule has 4 nitrogen and oxygen atoms in total. The molecule has 0 aliphatic carbocycles. The van der Waals surface area contributed by atoms with Gasteiger partial charge in [0.1, 0.15) is 5.82 Å². The minimum Gasteiger partial charge on any atom is -0.408 e. The fourth-order valence-corrected chi connectivity index (χ4v) is 1.88. The van der Waals surface area contributed by atoms with Crippen LogP contribution in [0.25, 0.3) is 22.2 Å². The lowest BCUT2D eigenvalue weighted by Crippen LogP contribution is -2.08. The maximum absolute atomic E-state index is 13.1. The smallest absolute Gasteiger partial charge is 0.408 e. The molecule has 0 fully saturated rings. The first-order valence-corrected chi connectivity index (χ1v) is 5.35. The second-order valence-electron chi connectivity index (χ2n) is 4.00. The van der Waals surface area contributed by atoms with Gasteiger partial charge in [0.25, 0.3) is 0 Å². The molecule has 0 aliphatic heterocycles. The van der Waals surface area contributed by atoms with Crippen LogP contribution in [-0.4, -0.2) is 9.55 Å². The predicted molar refractivity (Wildman–Crippen MR) is 64.6 cm³/mol. The van der Waals surface area contributed by atoms with Crippen molar-refractivity contribution < 1.29 is 8.81 Å². The van der Waals surface area contributed by atoms with Crippen molar-refractivity contribution in [3.05, 3.63) is 53.0 Å². The van der Waals surface area contributed by atoms with Gasteiger partial charge in [0, 0.05) is 18.8 Å². The third-order valence-corrected chi connectivity index (χ3v) is 2.83. The zero-order valence-electron chi connectivity index (χ0n) is 9.55. The molecule has 0 radical (unpaired) electrons. The van der Waals surface area contributed by atoms with Crippen LogP contribution in [0.15, 0.2) is 45.9 Å². The van der Waals surface area contributed by atoms with E-state index in [2.05, 4.69) is 4.98 Å². The second-order valence-corrected chi connectivity index (χ2v) is 4.00. The summed E-state index contributed by atoms with van der Waals surface area (Å²) < 4.78 is 19.6. The van der Waals surface area contributed by atoms with Gasteiger partial charge in [0.05, 0.1) is 11.7 Å². The predicted octanol–water partition coefficient (Wildman–Crippen LogP) is 2.33. The van der Waals surface area contributed by atoms with Crippen LogP contribution in [0.5, 0.6) is 0 Å². The van der Waals surface area contributed by atoms with Crippen molar-refractivity contribution in [2.45, 2.75) is 0 Å². The van der Waals surface area contributed by atoms with E-state index in [1.165, 1.54) is 10.6 Å². The molecule has 0 amide bonds. The van der Waals surface area contributed by atoms with Gasteiger partial charge >= 0.3 is 5.76 Å². The highest BCUT2D eigenvalue weighted by Gasteiger charge is 2.08. The Hall–Kier alpha value is -2.43. The zero-order chi connectivity index (χ0) is 12.7. The molecule has 18 heavy (non-hydrogen) atoms. The Bertz CT molecular complexity index is 789. The highest BCUT2D eigenvalue weighted by atomic mass is 19.1. The second kappa shape index (κ2) is 3.80. The van der Waals surface area contributed by atoms with Crippen molar-refractivity contribution in [2.75, 3.05) is 0 Å².